The van der Waals surface area contributed by atoms with Crippen molar-refractivity contribution < 1.29 is 19.1 Å². The van der Waals surface area contributed by atoms with E-state index >= 15 is 0 Å². The fraction of sp³-hybridized carbons (Fsp3) is 0.522. The number of benzene rings is 1. The second-order valence-corrected chi connectivity index (χ2v) is 7.54. The summed E-state index contributed by atoms with van der Waals surface area (Å²) in [7, 11) is 0. The summed E-state index contributed by atoms with van der Waals surface area (Å²) in [6.45, 7) is 11.7. The molecule has 164 valence electrons. The summed E-state index contributed by atoms with van der Waals surface area (Å²) in [6, 6.07) is 5.24. The summed E-state index contributed by atoms with van der Waals surface area (Å²) in [5.74, 6) is 0.0295. The molecule has 1 aliphatic heterocycles. The van der Waals surface area contributed by atoms with Gasteiger partial charge < -0.3 is 14.5 Å². The van der Waals surface area contributed by atoms with Crippen molar-refractivity contribution in [2.45, 2.75) is 59.0 Å². The van der Waals surface area contributed by atoms with E-state index in [-0.39, 0.29) is 24.3 Å². The zero-order chi connectivity index (χ0) is 22.1. The maximum absolute atomic E-state index is 12.6. The number of carbonyl (C=O) groups excluding carboxylic acids is 3. The molecular weight excluding hydrogens is 382 g/mol. The van der Waals surface area contributed by atoms with Crippen molar-refractivity contribution >= 4 is 17.7 Å². The first kappa shape index (κ1) is 23.4. The number of rotatable bonds is 11. The summed E-state index contributed by atoms with van der Waals surface area (Å²) >= 11 is 0. The van der Waals surface area contributed by atoms with Crippen molar-refractivity contribution in [3.05, 3.63) is 42.1 Å². The first-order valence-corrected chi connectivity index (χ1v) is 10.6. The van der Waals surface area contributed by atoms with Gasteiger partial charge in [0.25, 0.3) is 5.91 Å². The fourth-order valence-electron chi connectivity index (χ4n) is 3.63. The van der Waals surface area contributed by atoms with Crippen LogP contribution in [0.1, 0.15) is 50.7 Å². The van der Waals surface area contributed by atoms with E-state index in [0.717, 1.165) is 37.1 Å². The number of hydrogen-bond donors (Lipinski definition) is 1. The van der Waals surface area contributed by atoms with Gasteiger partial charge in [-0.15, -0.1) is 0 Å². The number of aryl methyl sites for hydroxylation is 1. The van der Waals surface area contributed by atoms with Crippen LogP contribution in [0.5, 0.6) is 5.75 Å². The van der Waals surface area contributed by atoms with Crippen LogP contribution >= 0.6 is 0 Å². The first-order chi connectivity index (χ1) is 14.4. The monoisotopic (exact) mass is 415 g/mol. The van der Waals surface area contributed by atoms with E-state index < -0.39 is 6.04 Å². The minimum atomic E-state index is -0.459. The second-order valence-electron chi connectivity index (χ2n) is 7.54. The Balaban J connectivity index is 2.13. The van der Waals surface area contributed by atoms with Crippen molar-refractivity contribution in [3.8, 4) is 5.75 Å². The molecule has 0 aliphatic carbocycles. The van der Waals surface area contributed by atoms with Gasteiger partial charge in [-0.3, -0.25) is 19.7 Å². The van der Waals surface area contributed by atoms with E-state index in [1.165, 1.54) is 0 Å². The topological polar surface area (TPSA) is 79.0 Å². The molecule has 1 aromatic carbocycles. The molecule has 1 atom stereocenters. The van der Waals surface area contributed by atoms with Crippen LogP contribution < -0.4 is 10.1 Å². The molecule has 30 heavy (non-hydrogen) atoms. The maximum atomic E-state index is 12.6. The van der Waals surface area contributed by atoms with Gasteiger partial charge in [0.2, 0.25) is 11.8 Å². The molecule has 1 saturated heterocycles. The molecule has 1 aliphatic rings. The van der Waals surface area contributed by atoms with Gasteiger partial charge in [0.15, 0.2) is 6.61 Å². The SMILES string of the molecule is C=CN(Cc1c(C)cccc1OCC(=O)N(CCC)CCC)C1CCC(=O)NC1=O. The van der Waals surface area contributed by atoms with E-state index in [1.54, 1.807) is 6.20 Å². The maximum Gasteiger partial charge on any atom is 0.260 e. The highest BCUT2D eigenvalue weighted by molar-refractivity contribution is 6.00. The Kier molecular flexibility index (Phi) is 8.89. The van der Waals surface area contributed by atoms with Gasteiger partial charge in [-0.1, -0.05) is 32.6 Å². The molecule has 0 aromatic heterocycles. The van der Waals surface area contributed by atoms with Gasteiger partial charge in [0.05, 0.1) is 0 Å². The zero-order valence-corrected chi connectivity index (χ0v) is 18.3. The molecule has 0 saturated carbocycles. The lowest BCUT2D eigenvalue weighted by Crippen LogP contribution is -2.50. The van der Waals surface area contributed by atoms with Crippen LogP contribution in [0, 0.1) is 6.92 Å². The Bertz CT molecular complexity index is 772. The Morgan fingerprint density at radius 1 is 1.27 bits per heavy atom. The van der Waals surface area contributed by atoms with Crippen molar-refractivity contribution in [2.24, 2.45) is 0 Å². The number of nitrogens with zero attached hydrogens (tertiary/aromatic N) is 2. The van der Waals surface area contributed by atoms with Crippen LogP contribution in [0.25, 0.3) is 0 Å². The summed E-state index contributed by atoms with van der Waals surface area (Å²) in [5.41, 5.74) is 1.89. The van der Waals surface area contributed by atoms with Crippen LogP contribution in [0.15, 0.2) is 31.0 Å². The van der Waals surface area contributed by atoms with Crippen LogP contribution in [-0.2, 0) is 20.9 Å². The van der Waals surface area contributed by atoms with Crippen LogP contribution in [-0.4, -0.2) is 53.3 Å². The molecule has 7 heteroatoms. The molecule has 1 aromatic rings. The average molecular weight is 416 g/mol. The van der Waals surface area contributed by atoms with Crippen molar-refractivity contribution in [3.63, 3.8) is 0 Å². The zero-order valence-electron chi connectivity index (χ0n) is 18.3. The van der Waals surface area contributed by atoms with E-state index in [1.807, 2.05) is 48.8 Å². The third-order valence-electron chi connectivity index (χ3n) is 5.24. The number of nitrogens with one attached hydrogen (secondary N) is 1. The van der Waals surface area contributed by atoms with Crippen molar-refractivity contribution in [1.29, 1.82) is 0 Å². The number of hydrogen-bond acceptors (Lipinski definition) is 5. The molecule has 1 fully saturated rings. The number of piperidine rings is 1. The van der Waals surface area contributed by atoms with Crippen molar-refractivity contribution in [2.75, 3.05) is 19.7 Å². The smallest absolute Gasteiger partial charge is 0.260 e. The minimum Gasteiger partial charge on any atom is -0.483 e. The van der Waals surface area contributed by atoms with E-state index in [2.05, 4.69) is 11.9 Å². The lowest BCUT2D eigenvalue weighted by molar-refractivity contribution is -0.137. The van der Waals surface area contributed by atoms with Crippen molar-refractivity contribution in [1.82, 2.24) is 15.1 Å². The Morgan fingerprint density at radius 3 is 2.57 bits per heavy atom. The molecule has 3 amide bonds. The third kappa shape index (κ3) is 6.08. The Labute approximate surface area is 179 Å². The molecule has 2 rings (SSSR count). The molecular formula is C23H33N3O4. The normalized spacial score (nSPS) is 16.0. The largest absolute Gasteiger partial charge is 0.483 e. The van der Waals surface area contributed by atoms with E-state index in [9.17, 15) is 14.4 Å². The molecule has 0 radical (unpaired) electrons. The van der Waals surface area contributed by atoms with E-state index in [4.69, 9.17) is 4.74 Å². The quantitative estimate of drug-likeness (QED) is 0.562. The van der Waals surface area contributed by atoms with Gasteiger partial charge in [0.1, 0.15) is 11.8 Å². The predicted octanol–water partition coefficient (Wildman–Crippen LogP) is 2.77. The van der Waals surface area contributed by atoms with Gasteiger partial charge in [-0.25, -0.2) is 0 Å². The first-order valence-electron chi connectivity index (χ1n) is 10.6. The average Bonchev–Trinajstić information content (AvgIpc) is 2.72. The number of imide groups is 1. The Morgan fingerprint density at radius 2 is 1.97 bits per heavy atom. The lowest BCUT2D eigenvalue weighted by Gasteiger charge is -2.32. The Hall–Kier alpha value is -2.83. The standard InChI is InChI=1S/C23H33N3O4/c1-5-13-26(14-6-2)22(28)16-30-20-10-8-9-17(4)18(20)15-25(7-3)19-11-12-21(27)24-23(19)29/h7-10,19H,3,5-6,11-16H2,1-2,4H3,(H,24,27,29). The molecule has 0 spiro atoms. The summed E-state index contributed by atoms with van der Waals surface area (Å²) < 4.78 is 5.92. The predicted molar refractivity (Wildman–Crippen MR) is 116 cm³/mol. The molecule has 1 heterocycles. The van der Waals surface area contributed by atoms with Crippen LogP contribution in [0.4, 0.5) is 0 Å². The molecule has 0 bridgehead atoms. The van der Waals surface area contributed by atoms with E-state index in [0.29, 0.717) is 25.1 Å². The van der Waals surface area contributed by atoms with Gasteiger partial charge >= 0.3 is 0 Å². The van der Waals surface area contributed by atoms with Gasteiger partial charge in [-0.05, 0) is 44.0 Å². The summed E-state index contributed by atoms with van der Waals surface area (Å²) in [4.78, 5) is 40.0. The highest BCUT2D eigenvalue weighted by Crippen LogP contribution is 2.26. The lowest BCUT2D eigenvalue weighted by atomic mass is 10.0. The third-order valence-corrected chi connectivity index (χ3v) is 5.24. The molecule has 7 nitrogen and oxygen atoms in total. The molecule has 1 N–H and O–H groups in total. The van der Waals surface area contributed by atoms with Gasteiger partial charge in [-0.2, -0.15) is 0 Å². The second kappa shape index (κ2) is 11.4. The van der Waals surface area contributed by atoms with Crippen LogP contribution in [0.3, 0.4) is 0 Å². The van der Waals surface area contributed by atoms with Crippen LogP contribution in [0.2, 0.25) is 0 Å². The molecule has 1 unspecified atom stereocenters. The van der Waals surface area contributed by atoms with Gasteiger partial charge in [0, 0.05) is 31.6 Å². The fourth-order valence-corrected chi connectivity index (χ4v) is 3.63. The number of amides is 3. The minimum absolute atomic E-state index is 0.0248. The highest BCUT2D eigenvalue weighted by atomic mass is 16.5. The summed E-state index contributed by atoms with van der Waals surface area (Å²) in [6.07, 6.45) is 4.17. The number of carbonyl (C=O) groups is 3. The summed E-state index contributed by atoms with van der Waals surface area (Å²) in [5, 5.41) is 2.39. The highest BCUT2D eigenvalue weighted by Gasteiger charge is 2.30. The number of ether oxygens (including phenoxy) is 1.